The number of benzene rings is 6. The van der Waals surface area contributed by atoms with Crippen molar-refractivity contribution in [3.63, 3.8) is 0 Å². The average molecular weight is 783 g/mol. The Balaban J connectivity index is 1.58. The summed E-state index contributed by atoms with van der Waals surface area (Å²) in [6.07, 6.45) is 1.15. The molecule has 6 aromatic carbocycles. The van der Waals surface area contributed by atoms with E-state index in [4.69, 9.17) is 23.9 Å². The van der Waals surface area contributed by atoms with E-state index in [2.05, 4.69) is 19.2 Å². The Morgan fingerprint density at radius 3 is 1.91 bits per heavy atom. The number of hydrogen-bond acceptors (Lipinski definition) is 10. The van der Waals surface area contributed by atoms with Crippen LogP contribution in [0.1, 0.15) is 67.1 Å². The van der Waals surface area contributed by atoms with Gasteiger partial charge in [0.2, 0.25) is 0 Å². The molecule has 10 nitrogen and oxygen atoms in total. The maximum atomic E-state index is 12.7. The smallest absolute Gasteiger partial charge is 0.135 e. The van der Waals surface area contributed by atoms with Crippen LogP contribution in [0, 0.1) is 13.8 Å². The van der Waals surface area contributed by atoms with Gasteiger partial charge in [-0.05, 0) is 129 Å². The van der Waals surface area contributed by atoms with Crippen LogP contribution in [-0.4, -0.2) is 66.7 Å². The Morgan fingerprint density at radius 2 is 1.24 bits per heavy atom. The first kappa shape index (κ1) is 38.7. The minimum atomic E-state index is -0.0661. The van der Waals surface area contributed by atoms with Gasteiger partial charge < -0.3 is 44.7 Å². The van der Waals surface area contributed by atoms with Gasteiger partial charge in [0.05, 0.1) is 45.3 Å². The average Bonchev–Trinajstić information content (AvgIpc) is 3.17. The summed E-state index contributed by atoms with van der Waals surface area (Å²) in [5, 5.41) is 54.3. The summed E-state index contributed by atoms with van der Waals surface area (Å²) < 4.78 is 23.5. The standard InChI is InChI=1S/C48H50N2O8/c1-21-13-28-29(44-31-17-24(4)50-26(6)42(31)39(58-10)20-35(44)53)18-32(48(54)45(28)37(14-21)56-8)40-22(2)15-33(51)47-36(55-7)12-11-27(46(40)47)43-30-16-23(3)49-25(5)41(30)38(57-9)19-34(43)52/h11-15,18-20,23-24,26,50-54H,16-17H2,1-10H3/t23-,24-,26+/m1/s1. The Kier molecular flexibility index (Phi) is 9.59. The van der Waals surface area contributed by atoms with Crippen LogP contribution in [0.25, 0.3) is 54.9 Å². The Labute approximate surface area is 338 Å². The number of methoxy groups -OCH3 is 4. The lowest BCUT2D eigenvalue weighted by molar-refractivity contribution is 0.377. The molecule has 2 aliphatic heterocycles. The molecular formula is C48H50N2O8. The summed E-state index contributed by atoms with van der Waals surface area (Å²) in [5.74, 6) is 1.98. The molecule has 0 saturated carbocycles. The van der Waals surface area contributed by atoms with E-state index in [0.29, 0.717) is 96.3 Å². The molecule has 0 amide bonds. The highest BCUT2D eigenvalue weighted by Crippen LogP contribution is 2.56. The first-order valence-corrected chi connectivity index (χ1v) is 19.6. The quantitative estimate of drug-likeness (QED) is 0.107. The largest absolute Gasteiger partial charge is 0.507 e. The van der Waals surface area contributed by atoms with Gasteiger partial charge in [0.25, 0.3) is 0 Å². The molecule has 300 valence electrons. The van der Waals surface area contributed by atoms with Crippen LogP contribution in [0.4, 0.5) is 0 Å². The molecule has 58 heavy (non-hydrogen) atoms. The second kappa shape index (κ2) is 14.4. The molecule has 0 unspecified atom stereocenters. The normalized spacial score (nSPS) is 17.5. The third kappa shape index (κ3) is 5.84. The molecule has 0 spiro atoms. The number of phenols is 4. The molecule has 0 bridgehead atoms. The van der Waals surface area contributed by atoms with Crippen molar-refractivity contribution >= 4 is 27.3 Å². The third-order valence-electron chi connectivity index (χ3n) is 12.0. The minimum Gasteiger partial charge on any atom is -0.507 e. The molecule has 10 heteroatoms. The highest BCUT2D eigenvalue weighted by molar-refractivity contribution is 6.18. The summed E-state index contributed by atoms with van der Waals surface area (Å²) in [7, 11) is 6.31. The number of phenolic OH excluding ortho intramolecular Hbond substituents is 4. The molecule has 0 radical (unpaired) electrons. The van der Waals surface area contributed by atoms with Crippen LogP contribution in [0.3, 0.4) is 0 Å². The summed E-state index contributed by atoms with van der Waals surface area (Å²) in [6.45, 7) is 12.1. The van der Waals surface area contributed by atoms with E-state index in [1.807, 2.05) is 52.0 Å². The fraction of sp³-hybridized carbons (Fsp3) is 0.312. The highest BCUT2D eigenvalue weighted by Gasteiger charge is 2.33. The summed E-state index contributed by atoms with van der Waals surface area (Å²) in [5.41, 5.74) is 9.52. The van der Waals surface area contributed by atoms with Gasteiger partial charge in [0, 0.05) is 63.1 Å². The fourth-order valence-corrected chi connectivity index (χ4v) is 9.80. The highest BCUT2D eigenvalue weighted by atomic mass is 16.5. The molecule has 0 aromatic heterocycles. The zero-order valence-electron chi connectivity index (χ0n) is 34.6. The van der Waals surface area contributed by atoms with Crippen molar-refractivity contribution in [1.29, 1.82) is 0 Å². The maximum absolute atomic E-state index is 12.7. The van der Waals surface area contributed by atoms with Gasteiger partial charge in [-0.2, -0.15) is 0 Å². The van der Waals surface area contributed by atoms with Gasteiger partial charge in [-0.15, -0.1) is 0 Å². The van der Waals surface area contributed by atoms with Crippen molar-refractivity contribution in [2.24, 2.45) is 4.99 Å². The topological polar surface area (TPSA) is 142 Å². The summed E-state index contributed by atoms with van der Waals surface area (Å²) in [6, 6.07) is 14.4. The van der Waals surface area contributed by atoms with E-state index in [9.17, 15) is 20.4 Å². The van der Waals surface area contributed by atoms with Crippen LogP contribution >= 0.6 is 0 Å². The molecule has 0 aliphatic carbocycles. The Morgan fingerprint density at radius 1 is 0.586 bits per heavy atom. The fourth-order valence-electron chi connectivity index (χ4n) is 9.80. The number of nitrogens with one attached hydrogen (secondary N) is 1. The van der Waals surface area contributed by atoms with Crippen LogP contribution in [0.2, 0.25) is 0 Å². The van der Waals surface area contributed by atoms with Crippen molar-refractivity contribution in [3.05, 3.63) is 81.9 Å². The van der Waals surface area contributed by atoms with Gasteiger partial charge in [-0.1, -0.05) is 6.07 Å². The van der Waals surface area contributed by atoms with Crippen molar-refractivity contribution in [3.8, 4) is 79.4 Å². The van der Waals surface area contributed by atoms with E-state index in [1.54, 1.807) is 52.7 Å². The van der Waals surface area contributed by atoms with E-state index >= 15 is 0 Å². The van der Waals surface area contributed by atoms with E-state index in [1.165, 1.54) is 0 Å². The number of hydrogen-bond donors (Lipinski definition) is 5. The maximum Gasteiger partial charge on any atom is 0.135 e. The first-order chi connectivity index (χ1) is 27.7. The molecule has 2 aliphatic rings. The van der Waals surface area contributed by atoms with Gasteiger partial charge in [-0.25, -0.2) is 0 Å². The molecular weight excluding hydrogens is 733 g/mol. The third-order valence-corrected chi connectivity index (χ3v) is 12.0. The van der Waals surface area contributed by atoms with Crippen molar-refractivity contribution in [1.82, 2.24) is 5.32 Å². The van der Waals surface area contributed by atoms with Crippen LogP contribution in [-0.2, 0) is 12.8 Å². The molecule has 3 atom stereocenters. The molecule has 2 heterocycles. The van der Waals surface area contributed by atoms with Crippen molar-refractivity contribution in [2.75, 3.05) is 28.4 Å². The predicted molar refractivity (Wildman–Crippen MR) is 230 cm³/mol. The number of fused-ring (bicyclic) bond motifs is 4. The van der Waals surface area contributed by atoms with Gasteiger partial charge in [0.15, 0.2) is 0 Å². The zero-order valence-corrected chi connectivity index (χ0v) is 34.6. The van der Waals surface area contributed by atoms with Gasteiger partial charge in [0.1, 0.15) is 46.0 Å². The lowest BCUT2D eigenvalue weighted by Crippen LogP contribution is -2.36. The van der Waals surface area contributed by atoms with Crippen LogP contribution < -0.4 is 24.3 Å². The number of aliphatic imine (C=N–C) groups is 1. The number of ether oxygens (including phenoxy) is 4. The lowest BCUT2D eigenvalue weighted by Gasteiger charge is -2.33. The van der Waals surface area contributed by atoms with E-state index in [-0.39, 0.29) is 41.1 Å². The van der Waals surface area contributed by atoms with Crippen molar-refractivity contribution in [2.45, 2.75) is 72.5 Å². The molecule has 0 fully saturated rings. The van der Waals surface area contributed by atoms with E-state index in [0.717, 1.165) is 33.5 Å². The van der Waals surface area contributed by atoms with Crippen LogP contribution in [0.5, 0.6) is 46.0 Å². The number of aromatic hydroxyl groups is 4. The molecule has 0 saturated heterocycles. The van der Waals surface area contributed by atoms with Gasteiger partial charge >= 0.3 is 0 Å². The SMILES string of the molecule is COc1cc(O)c(-c2ccc(OC)c3c(O)cc(C)c(-c4cc(-c5c(O)cc(OC)c6c5C[C@@H](C)N[C@H]6C)c5cc(C)cc(OC)c5c4O)c23)c2c1C(C)=N[C@H](C)C2. The number of nitrogens with zero attached hydrogens (tertiary/aromatic N) is 1. The van der Waals surface area contributed by atoms with Crippen molar-refractivity contribution < 1.29 is 39.4 Å². The second-order valence-electron chi connectivity index (χ2n) is 15.8. The Hall–Kier alpha value is -6.13. The summed E-state index contributed by atoms with van der Waals surface area (Å²) >= 11 is 0. The number of rotatable bonds is 7. The Bertz CT molecular complexity index is 2740. The summed E-state index contributed by atoms with van der Waals surface area (Å²) in [4.78, 5) is 4.86. The lowest BCUT2D eigenvalue weighted by atomic mass is 9.80. The number of aryl methyl sites for hydroxylation is 2. The molecule has 5 N–H and O–H groups in total. The van der Waals surface area contributed by atoms with E-state index < -0.39 is 0 Å². The molecule has 6 aromatic rings. The first-order valence-electron chi connectivity index (χ1n) is 19.6. The second-order valence-corrected chi connectivity index (χ2v) is 15.8. The minimum absolute atomic E-state index is 0.00288. The van der Waals surface area contributed by atoms with Gasteiger partial charge in [-0.3, -0.25) is 4.99 Å². The molecule has 8 rings (SSSR count). The monoisotopic (exact) mass is 782 g/mol. The predicted octanol–water partition coefficient (Wildman–Crippen LogP) is 9.82. The zero-order chi connectivity index (χ0) is 41.5. The van der Waals surface area contributed by atoms with Crippen LogP contribution in [0.15, 0.2) is 53.5 Å².